The molecule has 0 aliphatic heterocycles. The minimum absolute atomic E-state index is 0.0496. The van der Waals surface area contributed by atoms with Gasteiger partial charge in [0.15, 0.2) is 0 Å². The van der Waals surface area contributed by atoms with Gasteiger partial charge >= 0.3 is 0 Å². The highest BCUT2D eigenvalue weighted by molar-refractivity contribution is 5.96. The van der Waals surface area contributed by atoms with Crippen molar-refractivity contribution in [2.24, 2.45) is 5.92 Å². The number of amides is 3. The van der Waals surface area contributed by atoms with Crippen LogP contribution in [-0.4, -0.2) is 37.4 Å². The first-order chi connectivity index (χ1) is 11.6. The van der Waals surface area contributed by atoms with Crippen LogP contribution in [0.5, 0.6) is 0 Å². The topological polar surface area (TPSA) is 87.3 Å². The Hall–Kier alpha value is -2.37. The van der Waals surface area contributed by atoms with E-state index in [1.807, 2.05) is 6.07 Å². The van der Waals surface area contributed by atoms with Gasteiger partial charge in [0, 0.05) is 25.1 Å². The van der Waals surface area contributed by atoms with E-state index in [-0.39, 0.29) is 24.3 Å². The third-order valence-electron chi connectivity index (χ3n) is 4.16. The molecule has 0 spiro atoms. The molecule has 1 fully saturated rings. The molecule has 1 aromatic carbocycles. The van der Waals surface area contributed by atoms with Crippen molar-refractivity contribution in [3.63, 3.8) is 0 Å². The molecule has 0 bridgehead atoms. The summed E-state index contributed by atoms with van der Waals surface area (Å²) >= 11 is 0. The maximum Gasteiger partial charge on any atom is 0.251 e. The largest absolute Gasteiger partial charge is 0.354 e. The summed E-state index contributed by atoms with van der Waals surface area (Å²) in [6, 6.07) is 8.73. The summed E-state index contributed by atoms with van der Waals surface area (Å²) in [6.45, 7) is 0.685. The highest BCUT2D eigenvalue weighted by Crippen LogP contribution is 2.27. The zero-order chi connectivity index (χ0) is 17.2. The highest BCUT2D eigenvalue weighted by Gasteiger charge is 2.18. The van der Waals surface area contributed by atoms with Gasteiger partial charge in [0.25, 0.3) is 5.91 Å². The fourth-order valence-corrected chi connectivity index (χ4v) is 2.87. The Morgan fingerprint density at radius 3 is 2.17 bits per heavy atom. The first-order valence-electron chi connectivity index (χ1n) is 8.52. The number of hydrogen-bond acceptors (Lipinski definition) is 3. The first-order valence-corrected chi connectivity index (χ1v) is 8.52. The Bertz CT molecular complexity index is 554. The van der Waals surface area contributed by atoms with Gasteiger partial charge < -0.3 is 16.0 Å². The van der Waals surface area contributed by atoms with E-state index in [1.54, 1.807) is 24.3 Å². The summed E-state index contributed by atoms with van der Waals surface area (Å²) < 4.78 is 0. The van der Waals surface area contributed by atoms with Crippen LogP contribution in [-0.2, 0) is 9.59 Å². The quantitative estimate of drug-likeness (QED) is 0.626. The lowest BCUT2D eigenvalue weighted by Crippen LogP contribution is -2.40. The van der Waals surface area contributed by atoms with Crippen molar-refractivity contribution in [2.45, 2.75) is 32.1 Å². The maximum atomic E-state index is 11.8. The van der Waals surface area contributed by atoms with E-state index in [4.69, 9.17) is 0 Å². The molecule has 0 saturated heterocycles. The second-order valence-electron chi connectivity index (χ2n) is 6.10. The zero-order valence-corrected chi connectivity index (χ0v) is 13.8. The Morgan fingerprint density at radius 2 is 1.50 bits per heavy atom. The minimum Gasteiger partial charge on any atom is -0.354 e. The van der Waals surface area contributed by atoms with Gasteiger partial charge in [0.05, 0.1) is 6.54 Å². The molecule has 130 valence electrons. The number of hydrogen-bond donors (Lipinski definition) is 3. The van der Waals surface area contributed by atoms with E-state index in [0.29, 0.717) is 31.0 Å². The summed E-state index contributed by atoms with van der Waals surface area (Å²) in [6.07, 6.45) is 5.32. The monoisotopic (exact) mass is 331 g/mol. The molecule has 1 saturated carbocycles. The number of nitrogens with one attached hydrogen (secondary N) is 3. The van der Waals surface area contributed by atoms with Gasteiger partial charge in [-0.2, -0.15) is 0 Å². The molecule has 0 unspecified atom stereocenters. The first kappa shape index (κ1) is 18.0. The lowest BCUT2D eigenvalue weighted by Gasteiger charge is -2.10. The molecule has 24 heavy (non-hydrogen) atoms. The number of carbonyl (C=O) groups is 3. The summed E-state index contributed by atoms with van der Waals surface area (Å²) in [4.78, 5) is 35.2. The molecule has 1 aliphatic rings. The standard InChI is InChI=1S/C18H25N3O3/c22-16(12-14-6-4-5-7-14)19-10-11-20-17(23)13-21-18(24)15-8-2-1-3-9-15/h1-3,8-9,14H,4-7,10-13H2,(H,19,22)(H,20,23)(H,21,24). The van der Waals surface area contributed by atoms with Crippen LogP contribution in [0.4, 0.5) is 0 Å². The van der Waals surface area contributed by atoms with Gasteiger partial charge in [-0.1, -0.05) is 31.0 Å². The van der Waals surface area contributed by atoms with Crippen LogP contribution < -0.4 is 16.0 Å². The van der Waals surface area contributed by atoms with Crippen molar-refractivity contribution in [1.29, 1.82) is 0 Å². The maximum absolute atomic E-state index is 11.8. The molecule has 3 N–H and O–H groups in total. The van der Waals surface area contributed by atoms with Crippen LogP contribution in [0.15, 0.2) is 30.3 Å². The molecule has 1 aromatic rings. The van der Waals surface area contributed by atoms with Crippen molar-refractivity contribution < 1.29 is 14.4 Å². The zero-order valence-electron chi connectivity index (χ0n) is 13.8. The molecule has 6 heteroatoms. The minimum atomic E-state index is -0.282. The third kappa shape index (κ3) is 6.40. The molecule has 0 radical (unpaired) electrons. The van der Waals surface area contributed by atoms with Crippen LogP contribution >= 0.6 is 0 Å². The summed E-state index contributed by atoms with van der Waals surface area (Å²) in [5.41, 5.74) is 0.518. The van der Waals surface area contributed by atoms with Crippen LogP contribution in [0.2, 0.25) is 0 Å². The van der Waals surface area contributed by atoms with E-state index in [1.165, 1.54) is 12.8 Å². The predicted octanol–water partition coefficient (Wildman–Crippen LogP) is 1.23. The molecule has 0 atom stereocenters. The van der Waals surface area contributed by atoms with Crippen LogP contribution in [0.25, 0.3) is 0 Å². The van der Waals surface area contributed by atoms with Gasteiger partial charge in [-0.15, -0.1) is 0 Å². The second kappa shape index (κ2) is 9.70. The van der Waals surface area contributed by atoms with E-state index >= 15 is 0 Å². The lowest BCUT2D eigenvalue weighted by molar-refractivity contribution is -0.123. The van der Waals surface area contributed by atoms with Crippen molar-refractivity contribution in [3.05, 3.63) is 35.9 Å². The van der Waals surface area contributed by atoms with Crippen LogP contribution in [0, 0.1) is 5.92 Å². The molecule has 0 aromatic heterocycles. The smallest absolute Gasteiger partial charge is 0.251 e. The second-order valence-corrected chi connectivity index (χ2v) is 6.10. The van der Waals surface area contributed by atoms with Crippen molar-refractivity contribution in [2.75, 3.05) is 19.6 Å². The van der Waals surface area contributed by atoms with Crippen molar-refractivity contribution in [3.8, 4) is 0 Å². The summed E-state index contributed by atoms with van der Waals surface area (Å²) in [7, 11) is 0. The van der Waals surface area contributed by atoms with Crippen LogP contribution in [0.3, 0.4) is 0 Å². The van der Waals surface area contributed by atoms with Gasteiger partial charge in [-0.05, 0) is 30.9 Å². The molecule has 1 aliphatic carbocycles. The van der Waals surface area contributed by atoms with E-state index in [0.717, 1.165) is 12.8 Å². The Labute approximate surface area is 142 Å². The predicted molar refractivity (Wildman–Crippen MR) is 91.4 cm³/mol. The summed E-state index contributed by atoms with van der Waals surface area (Å²) in [5.74, 6) is 0.0151. The summed E-state index contributed by atoms with van der Waals surface area (Å²) in [5, 5.41) is 8.04. The fraction of sp³-hybridized carbons (Fsp3) is 0.500. The number of rotatable bonds is 8. The Kier molecular flexibility index (Phi) is 7.26. The van der Waals surface area contributed by atoms with Crippen molar-refractivity contribution in [1.82, 2.24) is 16.0 Å². The Balaban J connectivity index is 1.53. The molecule has 3 amide bonds. The third-order valence-corrected chi connectivity index (χ3v) is 4.16. The van der Waals surface area contributed by atoms with Gasteiger partial charge in [-0.3, -0.25) is 14.4 Å². The molecule has 6 nitrogen and oxygen atoms in total. The lowest BCUT2D eigenvalue weighted by atomic mass is 10.0. The average molecular weight is 331 g/mol. The van der Waals surface area contributed by atoms with E-state index in [9.17, 15) is 14.4 Å². The van der Waals surface area contributed by atoms with E-state index < -0.39 is 0 Å². The molecule has 2 rings (SSSR count). The number of carbonyl (C=O) groups excluding carboxylic acids is 3. The van der Waals surface area contributed by atoms with Gasteiger partial charge in [0.1, 0.15) is 0 Å². The van der Waals surface area contributed by atoms with Gasteiger partial charge in [0.2, 0.25) is 11.8 Å². The van der Waals surface area contributed by atoms with Crippen molar-refractivity contribution >= 4 is 17.7 Å². The normalized spacial score (nSPS) is 14.2. The Morgan fingerprint density at radius 1 is 0.875 bits per heavy atom. The van der Waals surface area contributed by atoms with E-state index in [2.05, 4.69) is 16.0 Å². The fourth-order valence-electron chi connectivity index (χ4n) is 2.87. The molecular formula is C18H25N3O3. The molecule has 0 heterocycles. The SMILES string of the molecule is O=C(CNC(=O)c1ccccc1)NCCNC(=O)CC1CCCC1. The van der Waals surface area contributed by atoms with Crippen LogP contribution in [0.1, 0.15) is 42.5 Å². The van der Waals surface area contributed by atoms with Gasteiger partial charge in [-0.25, -0.2) is 0 Å². The number of benzene rings is 1. The average Bonchev–Trinajstić information content (AvgIpc) is 3.10. The molecular weight excluding hydrogens is 306 g/mol. The highest BCUT2D eigenvalue weighted by atomic mass is 16.2.